The summed E-state index contributed by atoms with van der Waals surface area (Å²) in [7, 11) is 4.12. The van der Waals surface area contributed by atoms with Gasteiger partial charge in [0.1, 0.15) is 5.69 Å². The maximum atomic E-state index is 12.6. The van der Waals surface area contributed by atoms with Crippen LogP contribution in [0.3, 0.4) is 0 Å². The number of halogens is 2. The SMILES string of the molecule is CN(C)C1CCN(C(=O)c2csc(NC(=O)c3ccc(Cl)cc3Cl)n2)CC1. The van der Waals surface area contributed by atoms with Crippen molar-refractivity contribution in [1.82, 2.24) is 14.8 Å². The van der Waals surface area contributed by atoms with Gasteiger partial charge >= 0.3 is 0 Å². The van der Waals surface area contributed by atoms with E-state index in [1.165, 1.54) is 17.4 Å². The molecule has 1 aromatic carbocycles. The minimum Gasteiger partial charge on any atom is -0.337 e. The molecule has 0 aliphatic carbocycles. The first-order valence-corrected chi connectivity index (χ1v) is 10.2. The number of carbonyl (C=O) groups is 2. The number of hydrogen-bond acceptors (Lipinski definition) is 5. The number of nitrogens with zero attached hydrogens (tertiary/aromatic N) is 3. The van der Waals surface area contributed by atoms with Crippen LogP contribution in [0.5, 0.6) is 0 Å². The van der Waals surface area contributed by atoms with E-state index >= 15 is 0 Å². The Labute approximate surface area is 172 Å². The van der Waals surface area contributed by atoms with Crippen LogP contribution in [-0.4, -0.2) is 59.8 Å². The van der Waals surface area contributed by atoms with Crippen LogP contribution >= 0.6 is 34.5 Å². The topological polar surface area (TPSA) is 65.5 Å². The van der Waals surface area contributed by atoms with Gasteiger partial charge in [0.05, 0.1) is 10.6 Å². The highest BCUT2D eigenvalue weighted by molar-refractivity contribution is 7.14. The van der Waals surface area contributed by atoms with Gasteiger partial charge in [0.2, 0.25) is 0 Å². The van der Waals surface area contributed by atoms with E-state index in [0.29, 0.717) is 40.5 Å². The van der Waals surface area contributed by atoms with Crippen LogP contribution < -0.4 is 5.32 Å². The molecule has 2 heterocycles. The lowest BCUT2D eigenvalue weighted by molar-refractivity contribution is 0.0658. The van der Waals surface area contributed by atoms with Gasteiger partial charge in [-0.25, -0.2) is 4.98 Å². The number of likely N-dealkylation sites (tertiary alicyclic amines) is 1. The van der Waals surface area contributed by atoms with Gasteiger partial charge in [-0.05, 0) is 45.1 Å². The molecule has 1 aliphatic heterocycles. The zero-order valence-corrected chi connectivity index (χ0v) is 17.4. The number of carbonyl (C=O) groups excluding carboxylic acids is 2. The second-order valence-corrected chi connectivity index (χ2v) is 8.30. The van der Waals surface area contributed by atoms with Gasteiger partial charge in [0.15, 0.2) is 5.13 Å². The predicted octanol–water partition coefficient (Wildman–Crippen LogP) is 3.87. The van der Waals surface area contributed by atoms with Gasteiger partial charge in [-0.3, -0.25) is 14.9 Å². The zero-order valence-electron chi connectivity index (χ0n) is 15.0. The Morgan fingerprint density at radius 3 is 2.59 bits per heavy atom. The molecule has 1 aromatic heterocycles. The average Bonchev–Trinajstić information content (AvgIpc) is 3.09. The summed E-state index contributed by atoms with van der Waals surface area (Å²) in [6, 6.07) is 5.15. The molecule has 2 aromatic rings. The summed E-state index contributed by atoms with van der Waals surface area (Å²) >= 11 is 13.1. The molecule has 0 bridgehead atoms. The fourth-order valence-corrected chi connectivity index (χ4v) is 4.19. The van der Waals surface area contributed by atoms with Gasteiger partial charge in [-0.15, -0.1) is 11.3 Å². The van der Waals surface area contributed by atoms with E-state index in [-0.39, 0.29) is 10.9 Å². The van der Waals surface area contributed by atoms with Crippen molar-refractivity contribution < 1.29 is 9.59 Å². The highest BCUT2D eigenvalue weighted by Crippen LogP contribution is 2.24. The van der Waals surface area contributed by atoms with Gasteiger partial charge in [0.25, 0.3) is 11.8 Å². The number of benzene rings is 1. The molecule has 0 radical (unpaired) electrons. The molecule has 1 N–H and O–H groups in total. The van der Waals surface area contributed by atoms with Crippen LogP contribution in [-0.2, 0) is 0 Å². The monoisotopic (exact) mass is 426 g/mol. The molecule has 3 rings (SSSR count). The highest BCUT2D eigenvalue weighted by atomic mass is 35.5. The van der Waals surface area contributed by atoms with Crippen molar-refractivity contribution in [1.29, 1.82) is 0 Å². The van der Waals surface area contributed by atoms with Gasteiger partial charge < -0.3 is 9.80 Å². The number of nitrogens with one attached hydrogen (secondary N) is 1. The summed E-state index contributed by atoms with van der Waals surface area (Å²) in [5.41, 5.74) is 0.649. The second kappa shape index (κ2) is 8.56. The van der Waals surface area contributed by atoms with Gasteiger partial charge in [-0.2, -0.15) is 0 Å². The molecule has 9 heteroatoms. The zero-order chi connectivity index (χ0) is 19.6. The molecule has 1 aliphatic rings. The number of hydrogen-bond donors (Lipinski definition) is 1. The molecule has 1 saturated heterocycles. The first kappa shape index (κ1) is 20.1. The Hall–Kier alpha value is -1.67. The quantitative estimate of drug-likeness (QED) is 0.805. The maximum Gasteiger partial charge on any atom is 0.273 e. The molecule has 0 unspecified atom stereocenters. The van der Waals surface area contributed by atoms with E-state index in [4.69, 9.17) is 23.2 Å². The van der Waals surface area contributed by atoms with E-state index in [9.17, 15) is 9.59 Å². The Morgan fingerprint density at radius 2 is 1.96 bits per heavy atom. The van der Waals surface area contributed by atoms with Crippen LogP contribution in [0.2, 0.25) is 10.0 Å². The molecule has 0 spiro atoms. The van der Waals surface area contributed by atoms with Crippen LogP contribution in [0.4, 0.5) is 5.13 Å². The summed E-state index contributed by atoms with van der Waals surface area (Å²) in [6.45, 7) is 1.42. The molecule has 2 amide bonds. The summed E-state index contributed by atoms with van der Waals surface area (Å²) in [5, 5.41) is 5.42. The highest BCUT2D eigenvalue weighted by Gasteiger charge is 2.26. The van der Waals surface area contributed by atoms with E-state index < -0.39 is 5.91 Å². The lowest BCUT2D eigenvalue weighted by atomic mass is 10.0. The fourth-order valence-electron chi connectivity index (χ4n) is 3.01. The summed E-state index contributed by atoms with van der Waals surface area (Å²) in [4.78, 5) is 33.3. The normalized spacial score (nSPS) is 15.2. The van der Waals surface area contributed by atoms with E-state index in [0.717, 1.165) is 12.8 Å². The van der Waals surface area contributed by atoms with Crippen molar-refractivity contribution in [3.8, 4) is 0 Å². The van der Waals surface area contributed by atoms with E-state index in [2.05, 4.69) is 29.3 Å². The van der Waals surface area contributed by atoms with Crippen LogP contribution in [0, 0.1) is 0 Å². The third-order valence-corrected chi connectivity index (χ3v) is 5.91. The number of thiazole rings is 1. The number of anilines is 1. The molecular formula is C18H20Cl2N4O2S. The number of amides is 2. The summed E-state index contributed by atoms with van der Waals surface area (Å²) < 4.78 is 0. The molecule has 1 fully saturated rings. The maximum absolute atomic E-state index is 12.6. The minimum absolute atomic E-state index is 0.103. The summed E-state index contributed by atoms with van der Waals surface area (Å²) in [5.74, 6) is -0.495. The lowest BCUT2D eigenvalue weighted by Crippen LogP contribution is -2.44. The third kappa shape index (κ3) is 4.79. The standard InChI is InChI=1S/C18H20Cl2N4O2S/c1-23(2)12-5-7-24(8-6-12)17(26)15-10-27-18(21-15)22-16(25)13-4-3-11(19)9-14(13)20/h3-4,9-10,12H,5-8H2,1-2H3,(H,21,22,25). The molecule has 144 valence electrons. The minimum atomic E-state index is -0.392. The Balaban J connectivity index is 1.63. The van der Waals surface area contributed by atoms with E-state index in [1.807, 2.05) is 4.90 Å². The lowest BCUT2D eigenvalue weighted by Gasteiger charge is -2.34. The number of piperidine rings is 1. The summed E-state index contributed by atoms with van der Waals surface area (Å²) in [6.07, 6.45) is 1.89. The van der Waals surface area contributed by atoms with Crippen molar-refractivity contribution in [2.24, 2.45) is 0 Å². The molecule has 0 atom stereocenters. The van der Waals surface area contributed by atoms with Crippen LogP contribution in [0.1, 0.15) is 33.7 Å². The van der Waals surface area contributed by atoms with Crippen molar-refractivity contribution in [3.05, 3.63) is 44.9 Å². The van der Waals surface area contributed by atoms with Crippen molar-refractivity contribution >= 4 is 51.5 Å². The van der Waals surface area contributed by atoms with Crippen LogP contribution in [0.15, 0.2) is 23.6 Å². The van der Waals surface area contributed by atoms with E-state index in [1.54, 1.807) is 17.5 Å². The Morgan fingerprint density at radius 1 is 1.26 bits per heavy atom. The molecular weight excluding hydrogens is 407 g/mol. The molecule has 0 saturated carbocycles. The molecule has 6 nitrogen and oxygen atoms in total. The number of rotatable bonds is 4. The van der Waals surface area contributed by atoms with Gasteiger partial charge in [0, 0.05) is 29.5 Å². The largest absolute Gasteiger partial charge is 0.337 e. The van der Waals surface area contributed by atoms with Crippen molar-refractivity contribution in [2.45, 2.75) is 18.9 Å². The predicted molar refractivity (Wildman–Crippen MR) is 109 cm³/mol. The first-order chi connectivity index (χ1) is 12.8. The average molecular weight is 427 g/mol. The Bertz CT molecular complexity index is 848. The van der Waals surface area contributed by atoms with Crippen molar-refractivity contribution in [2.75, 3.05) is 32.5 Å². The third-order valence-electron chi connectivity index (χ3n) is 4.60. The smallest absolute Gasteiger partial charge is 0.273 e. The second-order valence-electron chi connectivity index (χ2n) is 6.60. The molecule has 27 heavy (non-hydrogen) atoms. The van der Waals surface area contributed by atoms with Gasteiger partial charge in [-0.1, -0.05) is 23.2 Å². The fraction of sp³-hybridized carbons (Fsp3) is 0.389. The number of aromatic nitrogens is 1. The Kier molecular flexibility index (Phi) is 6.37. The van der Waals surface area contributed by atoms with Crippen molar-refractivity contribution in [3.63, 3.8) is 0 Å². The van der Waals surface area contributed by atoms with Crippen LogP contribution in [0.25, 0.3) is 0 Å². The first-order valence-electron chi connectivity index (χ1n) is 8.53.